The SMILES string of the molecule is CN(Cc1cn(-c2ccccc2)nc1-c1ccc(Cl)cc1)C(=O)C=CC(=O)O. The van der Waals surface area contributed by atoms with Gasteiger partial charge in [-0.15, -0.1) is 0 Å². The zero-order chi connectivity index (χ0) is 20.1. The van der Waals surface area contributed by atoms with Crippen LogP contribution in [0, 0.1) is 0 Å². The van der Waals surface area contributed by atoms with E-state index in [0.29, 0.717) is 5.02 Å². The summed E-state index contributed by atoms with van der Waals surface area (Å²) in [5.41, 5.74) is 3.31. The van der Waals surface area contributed by atoms with E-state index in [2.05, 4.69) is 0 Å². The second-order valence-electron chi connectivity index (χ2n) is 6.16. The number of carbonyl (C=O) groups is 2. The summed E-state index contributed by atoms with van der Waals surface area (Å²) in [6.07, 6.45) is 3.72. The maximum atomic E-state index is 12.2. The summed E-state index contributed by atoms with van der Waals surface area (Å²) in [5.74, 6) is -1.57. The van der Waals surface area contributed by atoms with Crippen molar-refractivity contribution >= 4 is 23.5 Å². The number of aliphatic carboxylic acids is 1. The minimum absolute atomic E-state index is 0.271. The van der Waals surface area contributed by atoms with E-state index in [0.717, 1.165) is 34.7 Å². The average molecular weight is 396 g/mol. The summed E-state index contributed by atoms with van der Waals surface area (Å²) >= 11 is 5.99. The van der Waals surface area contributed by atoms with Gasteiger partial charge in [0.1, 0.15) is 0 Å². The third-order valence-electron chi connectivity index (χ3n) is 4.08. The molecule has 3 aromatic rings. The third-order valence-corrected chi connectivity index (χ3v) is 4.33. The van der Waals surface area contributed by atoms with Gasteiger partial charge in [-0.25, -0.2) is 9.48 Å². The van der Waals surface area contributed by atoms with Crippen molar-refractivity contribution in [3.63, 3.8) is 0 Å². The number of hydrogen-bond acceptors (Lipinski definition) is 3. The Hall–Kier alpha value is -3.38. The molecule has 2 aromatic carbocycles. The highest BCUT2D eigenvalue weighted by Gasteiger charge is 2.16. The number of para-hydroxylation sites is 1. The van der Waals surface area contributed by atoms with Gasteiger partial charge in [0.2, 0.25) is 5.91 Å². The molecule has 0 aliphatic rings. The highest BCUT2D eigenvalue weighted by Crippen LogP contribution is 2.26. The Morgan fingerprint density at radius 3 is 2.43 bits per heavy atom. The van der Waals surface area contributed by atoms with E-state index in [1.54, 1.807) is 23.9 Å². The molecule has 0 aliphatic heterocycles. The van der Waals surface area contributed by atoms with Crippen molar-refractivity contribution in [2.75, 3.05) is 7.05 Å². The molecular formula is C21H18ClN3O3. The van der Waals surface area contributed by atoms with Crippen molar-refractivity contribution in [1.82, 2.24) is 14.7 Å². The van der Waals surface area contributed by atoms with Crippen LogP contribution in [0.2, 0.25) is 5.02 Å². The van der Waals surface area contributed by atoms with Crippen LogP contribution >= 0.6 is 11.6 Å². The molecule has 28 heavy (non-hydrogen) atoms. The minimum atomic E-state index is -1.17. The van der Waals surface area contributed by atoms with Gasteiger partial charge in [0.25, 0.3) is 0 Å². The second-order valence-corrected chi connectivity index (χ2v) is 6.59. The predicted octanol–water partition coefficient (Wildman–Crippen LogP) is 3.79. The van der Waals surface area contributed by atoms with Crippen molar-refractivity contribution in [2.45, 2.75) is 6.54 Å². The van der Waals surface area contributed by atoms with Crippen molar-refractivity contribution in [3.05, 3.63) is 83.5 Å². The van der Waals surface area contributed by atoms with Crippen molar-refractivity contribution in [2.24, 2.45) is 0 Å². The van der Waals surface area contributed by atoms with Crippen LogP contribution < -0.4 is 0 Å². The first-order valence-corrected chi connectivity index (χ1v) is 8.88. The Morgan fingerprint density at radius 1 is 1.11 bits per heavy atom. The average Bonchev–Trinajstić information content (AvgIpc) is 3.11. The number of carboxylic acids is 1. The number of benzene rings is 2. The van der Waals surface area contributed by atoms with Crippen LogP contribution in [-0.4, -0.2) is 38.7 Å². The summed E-state index contributed by atoms with van der Waals surface area (Å²) in [5, 5.41) is 14.0. The van der Waals surface area contributed by atoms with E-state index in [-0.39, 0.29) is 6.54 Å². The fourth-order valence-electron chi connectivity index (χ4n) is 2.69. The van der Waals surface area contributed by atoms with E-state index in [1.165, 1.54) is 4.90 Å². The van der Waals surface area contributed by atoms with Crippen molar-refractivity contribution in [1.29, 1.82) is 0 Å². The summed E-state index contributed by atoms with van der Waals surface area (Å²) in [6, 6.07) is 17.0. The van der Waals surface area contributed by atoms with Gasteiger partial charge in [-0.05, 0) is 24.3 Å². The van der Waals surface area contributed by atoms with Crippen molar-refractivity contribution in [3.8, 4) is 16.9 Å². The molecule has 142 valence electrons. The molecule has 1 aromatic heterocycles. The molecule has 7 heteroatoms. The van der Waals surface area contributed by atoms with Crippen molar-refractivity contribution < 1.29 is 14.7 Å². The van der Waals surface area contributed by atoms with Gasteiger partial charge in [0.15, 0.2) is 0 Å². The van der Waals surface area contributed by atoms with E-state index >= 15 is 0 Å². The first kappa shape index (κ1) is 19.4. The summed E-state index contributed by atoms with van der Waals surface area (Å²) < 4.78 is 1.75. The molecule has 3 rings (SSSR count). The normalized spacial score (nSPS) is 10.9. The maximum Gasteiger partial charge on any atom is 0.328 e. The summed E-state index contributed by atoms with van der Waals surface area (Å²) in [4.78, 5) is 24.2. The van der Waals surface area contributed by atoms with Gasteiger partial charge in [-0.2, -0.15) is 5.10 Å². The number of likely N-dealkylation sites (N-methyl/N-ethyl adjacent to an activating group) is 1. The molecule has 0 fully saturated rings. The zero-order valence-electron chi connectivity index (χ0n) is 15.1. The number of halogens is 1. The van der Waals surface area contributed by atoms with Gasteiger partial charge >= 0.3 is 5.97 Å². The second kappa shape index (κ2) is 8.54. The number of carbonyl (C=O) groups excluding carboxylic acids is 1. The predicted molar refractivity (Wildman–Crippen MR) is 107 cm³/mol. The lowest BCUT2D eigenvalue weighted by Gasteiger charge is -2.14. The quantitative estimate of drug-likeness (QED) is 0.644. The molecule has 1 heterocycles. The molecule has 0 radical (unpaired) electrons. The maximum absolute atomic E-state index is 12.2. The lowest BCUT2D eigenvalue weighted by Crippen LogP contribution is -2.24. The van der Waals surface area contributed by atoms with Gasteiger partial charge in [0, 0.05) is 48.1 Å². The van der Waals surface area contributed by atoms with E-state index in [4.69, 9.17) is 21.8 Å². The Labute approximate surface area is 167 Å². The summed E-state index contributed by atoms with van der Waals surface area (Å²) in [7, 11) is 1.61. The molecule has 0 aliphatic carbocycles. The number of carboxylic acid groups (broad SMARTS) is 1. The molecule has 0 unspecified atom stereocenters. The van der Waals surface area contributed by atoms with E-state index in [1.807, 2.05) is 48.7 Å². The minimum Gasteiger partial charge on any atom is -0.478 e. The van der Waals surface area contributed by atoms with Crippen LogP contribution in [0.1, 0.15) is 5.56 Å². The number of rotatable bonds is 6. The lowest BCUT2D eigenvalue weighted by atomic mass is 10.1. The lowest BCUT2D eigenvalue weighted by molar-refractivity contribution is -0.132. The molecular weight excluding hydrogens is 378 g/mol. The van der Waals surface area contributed by atoms with Gasteiger partial charge < -0.3 is 10.0 Å². The van der Waals surface area contributed by atoms with Crippen LogP contribution in [0.3, 0.4) is 0 Å². The van der Waals surface area contributed by atoms with Crippen LogP contribution in [0.5, 0.6) is 0 Å². The Bertz CT molecular complexity index is 1010. The largest absolute Gasteiger partial charge is 0.478 e. The molecule has 0 atom stereocenters. The third kappa shape index (κ3) is 4.66. The monoisotopic (exact) mass is 395 g/mol. The molecule has 1 amide bonds. The number of nitrogens with zero attached hydrogens (tertiary/aromatic N) is 3. The number of amides is 1. The van der Waals surface area contributed by atoms with E-state index < -0.39 is 11.9 Å². The molecule has 0 saturated carbocycles. The standard InChI is InChI=1S/C21H18ClN3O3/c1-24(19(26)11-12-20(27)28)13-16-14-25(18-5-3-2-4-6-18)23-21(16)15-7-9-17(22)10-8-15/h2-12,14H,13H2,1H3,(H,27,28). The molecule has 1 N–H and O–H groups in total. The highest BCUT2D eigenvalue weighted by molar-refractivity contribution is 6.30. The molecule has 0 saturated heterocycles. The van der Waals surface area contributed by atoms with Gasteiger partial charge in [0.05, 0.1) is 11.4 Å². The molecule has 0 bridgehead atoms. The van der Waals surface area contributed by atoms with Crippen LogP contribution in [0.15, 0.2) is 72.9 Å². The molecule has 0 spiro atoms. The smallest absolute Gasteiger partial charge is 0.328 e. The fourth-order valence-corrected chi connectivity index (χ4v) is 2.82. The molecule has 6 nitrogen and oxygen atoms in total. The summed E-state index contributed by atoms with van der Waals surface area (Å²) in [6.45, 7) is 0.271. The number of aromatic nitrogens is 2. The first-order valence-electron chi connectivity index (χ1n) is 8.50. The van der Waals surface area contributed by atoms with E-state index in [9.17, 15) is 9.59 Å². The first-order chi connectivity index (χ1) is 13.4. The fraction of sp³-hybridized carbons (Fsp3) is 0.0952. The van der Waals surface area contributed by atoms with Crippen LogP contribution in [0.25, 0.3) is 16.9 Å². The van der Waals surface area contributed by atoms with Gasteiger partial charge in [-0.1, -0.05) is 41.9 Å². The number of hydrogen-bond donors (Lipinski definition) is 1. The highest BCUT2D eigenvalue weighted by atomic mass is 35.5. The van der Waals surface area contributed by atoms with Gasteiger partial charge in [-0.3, -0.25) is 4.79 Å². The zero-order valence-corrected chi connectivity index (χ0v) is 15.9. The van der Waals surface area contributed by atoms with Crippen LogP contribution in [-0.2, 0) is 16.1 Å². The Kier molecular flexibility index (Phi) is 5.91. The topological polar surface area (TPSA) is 75.4 Å². The Balaban J connectivity index is 1.96. The Morgan fingerprint density at radius 2 is 1.79 bits per heavy atom. The van der Waals surface area contributed by atoms with Crippen LogP contribution in [0.4, 0.5) is 0 Å².